The van der Waals surface area contributed by atoms with Crippen LogP contribution < -0.4 is 10.6 Å². The van der Waals surface area contributed by atoms with Gasteiger partial charge in [-0.05, 0) is 50.8 Å². The predicted octanol–water partition coefficient (Wildman–Crippen LogP) is 5.56. The fraction of sp³-hybridized carbons (Fsp3) is 0.607. The van der Waals surface area contributed by atoms with Gasteiger partial charge in [-0.1, -0.05) is 25.7 Å². The Kier molecular flexibility index (Phi) is 12.0. The Bertz CT molecular complexity index is 1210. The van der Waals surface area contributed by atoms with E-state index in [4.69, 9.17) is 0 Å². The summed E-state index contributed by atoms with van der Waals surface area (Å²) in [6, 6.07) is 3.57. The van der Waals surface area contributed by atoms with Crippen molar-refractivity contribution in [2.75, 3.05) is 6.67 Å². The molecule has 0 aromatic carbocycles. The van der Waals surface area contributed by atoms with E-state index in [1.165, 1.54) is 19.3 Å². The molecule has 220 valence electrons. The number of fused-ring (bicyclic) bond motifs is 1. The van der Waals surface area contributed by atoms with Crippen molar-refractivity contribution < 1.29 is 22.8 Å². The number of nitrogens with one attached hydrogen (secondary N) is 2. The quantitative estimate of drug-likeness (QED) is 0.355. The van der Waals surface area contributed by atoms with E-state index < -0.39 is 12.6 Å². The van der Waals surface area contributed by atoms with Crippen LogP contribution in [0.1, 0.15) is 106 Å². The number of alkyl halides is 3. The molecule has 9 nitrogen and oxygen atoms in total. The van der Waals surface area contributed by atoms with Crippen LogP contribution in [-0.4, -0.2) is 48.8 Å². The second-order valence-electron chi connectivity index (χ2n) is 10.4. The third kappa shape index (κ3) is 10.6. The van der Waals surface area contributed by atoms with Crippen LogP contribution in [0, 0.1) is 0 Å². The van der Waals surface area contributed by atoms with Crippen LogP contribution in [0.25, 0.3) is 5.65 Å². The van der Waals surface area contributed by atoms with Crippen molar-refractivity contribution in [1.82, 2.24) is 35.0 Å². The molecule has 40 heavy (non-hydrogen) atoms. The molecule has 0 unspecified atom stereocenters. The van der Waals surface area contributed by atoms with E-state index in [0.717, 1.165) is 12.0 Å². The van der Waals surface area contributed by atoms with Gasteiger partial charge >= 0.3 is 0 Å². The van der Waals surface area contributed by atoms with E-state index in [9.17, 15) is 22.8 Å². The van der Waals surface area contributed by atoms with Gasteiger partial charge in [-0.25, -0.2) is 18.3 Å². The van der Waals surface area contributed by atoms with Gasteiger partial charge in [0, 0.05) is 38.0 Å². The maximum Gasteiger partial charge on any atom is 0.269 e. The minimum absolute atomic E-state index is 0.0843. The molecular weight excluding hydrogens is 523 g/mol. The molecule has 0 atom stereocenters. The molecule has 2 fully saturated rings. The molecule has 3 aromatic rings. The number of hydrogen-bond acceptors (Lipinski definition) is 5. The summed E-state index contributed by atoms with van der Waals surface area (Å²) < 4.78 is 39.8. The lowest BCUT2D eigenvalue weighted by Gasteiger charge is -2.20. The number of halogens is 3. The molecule has 0 saturated heterocycles. The van der Waals surface area contributed by atoms with Crippen molar-refractivity contribution in [1.29, 1.82) is 0 Å². The first-order valence-corrected chi connectivity index (χ1v) is 14.0. The molecule has 2 amide bonds. The number of nitrogens with zero attached hydrogens (tertiary/aromatic N) is 5. The molecule has 12 heteroatoms. The Morgan fingerprint density at radius 3 is 2.33 bits per heavy atom. The highest BCUT2D eigenvalue weighted by atomic mass is 19.3. The standard InChI is InChI=1S/C19H24FN7O2.C6H10F2.C3H6/c1-13(2)27-16(5-7-23-27)19(29)22-11-15-12-26-17(25-15)8-14(10-24-26)9-21-18(28)4-3-6-20;7-6(8)4-2-1-3-5-6;1-2-3-1/h5,7-8,10,12-13H,3-4,6,9,11H2,1-2H3,(H,21,28)(H,22,29);1-5H2;1-3H2. The van der Waals surface area contributed by atoms with E-state index in [-0.39, 0.29) is 50.1 Å². The van der Waals surface area contributed by atoms with Crippen molar-refractivity contribution in [3.05, 3.63) is 47.7 Å². The SMILES string of the molecule is C1CC1.CC(C)n1nccc1C(=O)NCc1cn2ncc(CNC(=O)CCCF)cc2n1.FC1(F)CCCCC1. The van der Waals surface area contributed by atoms with Gasteiger partial charge in [0.1, 0.15) is 5.69 Å². The monoisotopic (exact) mass is 563 g/mol. The number of carbonyl (C=O) groups is 2. The molecule has 0 aliphatic heterocycles. The van der Waals surface area contributed by atoms with Gasteiger partial charge < -0.3 is 10.6 Å². The van der Waals surface area contributed by atoms with Crippen molar-refractivity contribution >= 4 is 17.5 Å². The summed E-state index contributed by atoms with van der Waals surface area (Å²) in [5.74, 6) is -2.74. The summed E-state index contributed by atoms with van der Waals surface area (Å²) in [6.45, 7) is 3.96. The van der Waals surface area contributed by atoms with Crippen LogP contribution in [0.3, 0.4) is 0 Å². The Morgan fingerprint density at radius 1 is 1.02 bits per heavy atom. The normalized spacial score (nSPS) is 15.4. The fourth-order valence-corrected chi connectivity index (χ4v) is 3.90. The first-order chi connectivity index (χ1) is 19.2. The number of imidazole rings is 1. The Hall–Kier alpha value is -3.44. The van der Waals surface area contributed by atoms with Crippen molar-refractivity contribution in [3.63, 3.8) is 0 Å². The molecular formula is C28H40F3N7O2. The molecule has 5 rings (SSSR count). The Balaban J connectivity index is 0.000000331. The van der Waals surface area contributed by atoms with Crippen molar-refractivity contribution in [3.8, 4) is 0 Å². The first-order valence-electron chi connectivity index (χ1n) is 14.0. The number of hydrogen-bond donors (Lipinski definition) is 2. The lowest BCUT2D eigenvalue weighted by molar-refractivity contribution is -0.121. The molecule has 0 radical (unpaired) electrons. The van der Waals surface area contributed by atoms with Crippen molar-refractivity contribution in [2.45, 2.75) is 103 Å². The molecule has 0 spiro atoms. The summed E-state index contributed by atoms with van der Waals surface area (Å²) in [5.41, 5.74) is 2.54. The Labute approximate surface area is 232 Å². The van der Waals surface area contributed by atoms with Crippen LogP contribution in [0.15, 0.2) is 30.7 Å². The van der Waals surface area contributed by atoms with Gasteiger partial charge in [0.25, 0.3) is 5.91 Å². The largest absolute Gasteiger partial charge is 0.352 e. The minimum atomic E-state index is -2.32. The molecule has 2 N–H and O–H groups in total. The topological polar surface area (TPSA) is 106 Å². The summed E-state index contributed by atoms with van der Waals surface area (Å²) in [4.78, 5) is 28.5. The highest BCUT2D eigenvalue weighted by Gasteiger charge is 2.30. The highest BCUT2D eigenvalue weighted by molar-refractivity contribution is 5.92. The zero-order valence-electron chi connectivity index (χ0n) is 23.3. The van der Waals surface area contributed by atoms with Crippen molar-refractivity contribution in [2.24, 2.45) is 0 Å². The molecule has 3 heterocycles. The summed E-state index contributed by atoms with van der Waals surface area (Å²) in [5, 5.41) is 14.0. The van der Waals surface area contributed by atoms with Crippen LogP contribution >= 0.6 is 0 Å². The number of rotatable bonds is 9. The third-order valence-corrected chi connectivity index (χ3v) is 6.21. The average molecular weight is 564 g/mol. The highest BCUT2D eigenvalue weighted by Crippen LogP contribution is 2.32. The zero-order valence-corrected chi connectivity index (χ0v) is 23.3. The van der Waals surface area contributed by atoms with E-state index in [2.05, 4.69) is 25.8 Å². The minimum Gasteiger partial charge on any atom is -0.352 e. The summed E-state index contributed by atoms with van der Waals surface area (Å²) in [7, 11) is 0. The second kappa shape index (κ2) is 15.4. The summed E-state index contributed by atoms with van der Waals surface area (Å²) >= 11 is 0. The predicted molar refractivity (Wildman–Crippen MR) is 146 cm³/mol. The molecule has 2 aliphatic rings. The third-order valence-electron chi connectivity index (χ3n) is 6.21. The van der Waals surface area contributed by atoms with Crippen LogP contribution in [0.4, 0.5) is 13.2 Å². The first kappa shape index (κ1) is 31.1. The van der Waals surface area contributed by atoms with E-state index in [0.29, 0.717) is 36.4 Å². The van der Waals surface area contributed by atoms with Gasteiger partial charge in [-0.3, -0.25) is 18.7 Å². The smallest absolute Gasteiger partial charge is 0.269 e. The molecule has 2 saturated carbocycles. The van der Waals surface area contributed by atoms with Gasteiger partial charge in [0.05, 0.1) is 31.3 Å². The lowest BCUT2D eigenvalue weighted by Crippen LogP contribution is -2.26. The maximum atomic E-state index is 12.4. The van der Waals surface area contributed by atoms with Crippen LogP contribution in [0.5, 0.6) is 0 Å². The number of aromatic nitrogens is 5. The van der Waals surface area contributed by atoms with Gasteiger partial charge in [-0.2, -0.15) is 10.2 Å². The number of amides is 2. The lowest BCUT2D eigenvalue weighted by atomic mass is 9.97. The van der Waals surface area contributed by atoms with E-state index >= 15 is 0 Å². The van der Waals surface area contributed by atoms with E-state index in [1.807, 2.05) is 19.9 Å². The summed E-state index contributed by atoms with van der Waals surface area (Å²) in [6.07, 6.45) is 12.5. The van der Waals surface area contributed by atoms with Gasteiger partial charge in [0.2, 0.25) is 11.8 Å². The second-order valence-corrected chi connectivity index (χ2v) is 10.4. The average Bonchev–Trinajstić information content (AvgIpc) is 3.62. The molecule has 2 aliphatic carbocycles. The van der Waals surface area contributed by atoms with Crippen LogP contribution in [-0.2, 0) is 17.9 Å². The number of carbonyl (C=O) groups excluding carboxylic acids is 2. The van der Waals surface area contributed by atoms with E-state index in [1.54, 1.807) is 33.9 Å². The maximum absolute atomic E-state index is 12.4. The van der Waals surface area contributed by atoms with Gasteiger partial charge in [0.15, 0.2) is 5.65 Å². The molecule has 3 aromatic heterocycles. The Morgan fingerprint density at radius 2 is 1.73 bits per heavy atom. The van der Waals surface area contributed by atoms with Gasteiger partial charge in [-0.15, -0.1) is 0 Å². The zero-order chi connectivity index (χ0) is 29.0. The fourth-order valence-electron chi connectivity index (χ4n) is 3.90. The molecule has 0 bridgehead atoms. The van der Waals surface area contributed by atoms with Crippen LogP contribution in [0.2, 0.25) is 0 Å².